The molecule has 4 aromatic rings. The average Bonchev–Trinajstić information content (AvgIpc) is 3.31. The summed E-state index contributed by atoms with van der Waals surface area (Å²) < 4.78 is 25.1. The lowest BCUT2D eigenvalue weighted by molar-refractivity contribution is -0.134. The van der Waals surface area contributed by atoms with E-state index in [2.05, 4.69) is 20.8 Å². The third kappa shape index (κ3) is 6.08. The third-order valence-corrected chi connectivity index (χ3v) is 5.24. The molecule has 0 fully saturated rings. The summed E-state index contributed by atoms with van der Waals surface area (Å²) in [7, 11) is 0. The van der Waals surface area contributed by atoms with Crippen LogP contribution in [0.3, 0.4) is 0 Å². The van der Waals surface area contributed by atoms with Crippen molar-refractivity contribution < 1.29 is 23.2 Å². The Morgan fingerprint density at radius 2 is 1.74 bits per heavy atom. The summed E-state index contributed by atoms with van der Waals surface area (Å²) in [5.41, 5.74) is 4.11. The second kappa shape index (κ2) is 10.6. The number of benzene rings is 3. The number of amides is 2. The van der Waals surface area contributed by atoms with Crippen molar-refractivity contribution in [2.75, 3.05) is 5.32 Å². The number of nitrogens with zero attached hydrogens (tertiary/aromatic N) is 2. The summed E-state index contributed by atoms with van der Waals surface area (Å²) in [6.45, 7) is 4.13. The number of carbonyl (C=O) groups is 2. The highest BCUT2D eigenvalue weighted by Gasteiger charge is 2.18. The van der Waals surface area contributed by atoms with Crippen LogP contribution in [0.15, 0.2) is 71.3 Å². The molecular weight excluding hydrogens is 451 g/mol. The van der Waals surface area contributed by atoms with Gasteiger partial charge in [0.15, 0.2) is 6.23 Å². The molecule has 0 aliphatic rings. The minimum absolute atomic E-state index is 0.0537. The lowest BCUT2D eigenvalue weighted by Crippen LogP contribution is -2.40. The number of aryl methyl sites for hydroxylation is 2. The summed E-state index contributed by atoms with van der Waals surface area (Å²) >= 11 is 0. The van der Waals surface area contributed by atoms with Crippen molar-refractivity contribution in [3.8, 4) is 22.8 Å². The summed E-state index contributed by atoms with van der Waals surface area (Å²) in [6, 6.07) is 18.6. The predicted octanol–water partition coefficient (Wildman–Crippen LogP) is 5.02. The van der Waals surface area contributed by atoms with E-state index in [-0.39, 0.29) is 30.2 Å². The molecule has 0 spiro atoms. The Bertz CT molecular complexity index is 1320. The van der Waals surface area contributed by atoms with Gasteiger partial charge >= 0.3 is 6.03 Å². The second-order valence-corrected chi connectivity index (χ2v) is 7.99. The van der Waals surface area contributed by atoms with Crippen LogP contribution in [-0.2, 0) is 16.0 Å². The SMILES string of the molecule is Cc1ccc(NC(=O)NC(Cc2ccc(-c3noc(-c4ccc(C)cc4)n3)c(F)c2)OC=O)cc1. The fraction of sp³-hybridized carbons (Fsp3) is 0.154. The van der Waals surface area contributed by atoms with Crippen molar-refractivity contribution in [3.05, 3.63) is 89.2 Å². The minimum Gasteiger partial charge on any atom is -0.443 e. The molecule has 0 saturated carbocycles. The highest BCUT2D eigenvalue weighted by Crippen LogP contribution is 2.25. The molecule has 0 radical (unpaired) electrons. The van der Waals surface area contributed by atoms with Gasteiger partial charge in [-0.1, -0.05) is 46.6 Å². The van der Waals surface area contributed by atoms with Crippen LogP contribution in [0.1, 0.15) is 16.7 Å². The molecule has 1 unspecified atom stereocenters. The number of hydrogen-bond acceptors (Lipinski definition) is 6. The lowest BCUT2D eigenvalue weighted by atomic mass is 10.1. The zero-order valence-corrected chi connectivity index (χ0v) is 19.1. The summed E-state index contributed by atoms with van der Waals surface area (Å²) in [4.78, 5) is 27.5. The van der Waals surface area contributed by atoms with E-state index in [0.29, 0.717) is 11.3 Å². The van der Waals surface area contributed by atoms with Crippen LogP contribution in [-0.4, -0.2) is 28.9 Å². The molecule has 2 N–H and O–H groups in total. The van der Waals surface area contributed by atoms with Gasteiger partial charge in [0.05, 0.1) is 5.56 Å². The molecule has 0 aliphatic heterocycles. The summed E-state index contributed by atoms with van der Waals surface area (Å²) in [5, 5.41) is 9.10. The maximum absolute atomic E-state index is 14.9. The van der Waals surface area contributed by atoms with E-state index in [1.165, 1.54) is 12.1 Å². The first-order valence-corrected chi connectivity index (χ1v) is 10.8. The van der Waals surface area contributed by atoms with Crippen LogP contribution in [0.5, 0.6) is 0 Å². The van der Waals surface area contributed by atoms with Crippen LogP contribution in [0, 0.1) is 19.7 Å². The summed E-state index contributed by atoms with van der Waals surface area (Å²) in [5.74, 6) is -0.180. The largest absolute Gasteiger partial charge is 0.443 e. The van der Waals surface area contributed by atoms with Crippen LogP contribution in [0.4, 0.5) is 14.9 Å². The number of aromatic nitrogens is 2. The highest BCUT2D eigenvalue weighted by molar-refractivity contribution is 5.89. The molecule has 3 aromatic carbocycles. The first kappa shape index (κ1) is 23.6. The maximum atomic E-state index is 14.9. The summed E-state index contributed by atoms with van der Waals surface area (Å²) in [6.07, 6.45) is -0.945. The minimum atomic E-state index is -0.999. The van der Waals surface area contributed by atoms with Crippen molar-refractivity contribution in [2.24, 2.45) is 0 Å². The van der Waals surface area contributed by atoms with Gasteiger partial charge in [-0.3, -0.25) is 4.79 Å². The molecule has 0 bridgehead atoms. The van der Waals surface area contributed by atoms with Gasteiger partial charge in [0, 0.05) is 17.7 Å². The molecule has 4 rings (SSSR count). The number of nitrogens with one attached hydrogen (secondary N) is 2. The molecule has 0 aliphatic carbocycles. The molecule has 9 heteroatoms. The molecule has 0 saturated heterocycles. The Morgan fingerprint density at radius 1 is 1.06 bits per heavy atom. The zero-order valence-electron chi connectivity index (χ0n) is 19.1. The van der Waals surface area contributed by atoms with E-state index in [9.17, 15) is 14.0 Å². The number of anilines is 1. The van der Waals surface area contributed by atoms with Crippen molar-refractivity contribution in [1.29, 1.82) is 0 Å². The fourth-order valence-electron chi connectivity index (χ4n) is 3.38. The first-order valence-electron chi connectivity index (χ1n) is 10.8. The van der Waals surface area contributed by atoms with E-state index in [1.54, 1.807) is 18.2 Å². The Balaban J connectivity index is 1.43. The molecule has 2 amide bonds. The first-order chi connectivity index (χ1) is 16.9. The van der Waals surface area contributed by atoms with E-state index >= 15 is 0 Å². The third-order valence-electron chi connectivity index (χ3n) is 5.24. The van der Waals surface area contributed by atoms with Gasteiger partial charge in [-0.2, -0.15) is 4.98 Å². The van der Waals surface area contributed by atoms with Crippen molar-refractivity contribution in [3.63, 3.8) is 0 Å². The van der Waals surface area contributed by atoms with Crippen LogP contribution in [0.25, 0.3) is 22.8 Å². The van der Waals surface area contributed by atoms with Gasteiger partial charge in [0.2, 0.25) is 5.82 Å². The van der Waals surface area contributed by atoms with Gasteiger partial charge in [-0.15, -0.1) is 0 Å². The number of halogens is 1. The number of carbonyl (C=O) groups excluding carboxylic acids is 2. The molecule has 178 valence electrons. The van der Waals surface area contributed by atoms with Gasteiger partial charge in [0.25, 0.3) is 12.4 Å². The molecule has 8 nitrogen and oxygen atoms in total. The Morgan fingerprint density at radius 3 is 2.40 bits per heavy atom. The highest BCUT2D eigenvalue weighted by atomic mass is 19.1. The van der Waals surface area contributed by atoms with Crippen molar-refractivity contribution >= 4 is 18.2 Å². The van der Waals surface area contributed by atoms with Crippen LogP contribution >= 0.6 is 0 Å². The quantitative estimate of drug-likeness (QED) is 0.274. The van der Waals surface area contributed by atoms with Gasteiger partial charge in [-0.25, -0.2) is 9.18 Å². The average molecular weight is 474 g/mol. The van der Waals surface area contributed by atoms with Crippen molar-refractivity contribution in [2.45, 2.75) is 26.5 Å². The molecule has 1 heterocycles. The fourth-order valence-corrected chi connectivity index (χ4v) is 3.38. The number of urea groups is 1. The standard InChI is InChI=1S/C26H23FN4O4/c1-16-3-8-19(9-4-16)25-30-24(31-35-25)21-12-7-18(13-22(21)27)14-23(34-15-32)29-26(33)28-20-10-5-17(2)6-11-20/h3-13,15,23H,14H2,1-2H3,(H2,28,29,33). The van der Waals surface area contributed by atoms with E-state index in [0.717, 1.165) is 16.7 Å². The smallest absolute Gasteiger partial charge is 0.322 e. The lowest BCUT2D eigenvalue weighted by Gasteiger charge is -2.18. The van der Waals surface area contributed by atoms with Crippen LogP contribution < -0.4 is 10.6 Å². The Labute approximate surface area is 201 Å². The Kier molecular flexibility index (Phi) is 7.15. The van der Waals surface area contributed by atoms with E-state index < -0.39 is 18.1 Å². The van der Waals surface area contributed by atoms with Gasteiger partial charge in [-0.05, 0) is 55.8 Å². The second-order valence-electron chi connectivity index (χ2n) is 7.99. The zero-order chi connectivity index (χ0) is 24.8. The predicted molar refractivity (Wildman–Crippen MR) is 128 cm³/mol. The van der Waals surface area contributed by atoms with E-state index in [4.69, 9.17) is 9.26 Å². The molecule has 1 atom stereocenters. The Hall–Kier alpha value is -4.53. The van der Waals surface area contributed by atoms with E-state index in [1.807, 2.05) is 50.2 Å². The normalized spacial score (nSPS) is 11.5. The molecule has 1 aromatic heterocycles. The van der Waals surface area contributed by atoms with Gasteiger partial charge in [0.1, 0.15) is 5.82 Å². The number of rotatable bonds is 8. The number of ether oxygens (including phenoxy) is 1. The molecule has 35 heavy (non-hydrogen) atoms. The molecular formula is C26H23FN4O4. The monoisotopic (exact) mass is 474 g/mol. The van der Waals surface area contributed by atoms with Crippen molar-refractivity contribution in [1.82, 2.24) is 15.5 Å². The maximum Gasteiger partial charge on any atom is 0.322 e. The van der Waals surface area contributed by atoms with Gasteiger partial charge < -0.3 is 19.9 Å². The van der Waals surface area contributed by atoms with Crippen LogP contribution in [0.2, 0.25) is 0 Å². The topological polar surface area (TPSA) is 106 Å². The number of hydrogen-bond donors (Lipinski definition) is 2.